The largest absolute Gasteiger partial charge is 0.489 e. The summed E-state index contributed by atoms with van der Waals surface area (Å²) in [6.45, 7) is 2.10. The highest BCUT2D eigenvalue weighted by Gasteiger charge is 2.14. The van der Waals surface area contributed by atoms with Gasteiger partial charge < -0.3 is 13.9 Å². The third-order valence-corrected chi connectivity index (χ3v) is 5.48. The third kappa shape index (κ3) is 4.39. The van der Waals surface area contributed by atoms with E-state index in [2.05, 4.69) is 15.9 Å². The summed E-state index contributed by atoms with van der Waals surface area (Å²) in [7, 11) is 1.35. The van der Waals surface area contributed by atoms with Crippen molar-refractivity contribution in [3.63, 3.8) is 0 Å². The fourth-order valence-electron chi connectivity index (χ4n) is 3.35. The first-order valence-corrected chi connectivity index (χ1v) is 10.4. The number of fused-ring (bicyclic) bond motifs is 1. The molecule has 0 amide bonds. The Bertz CT molecular complexity index is 1310. The number of carbonyl (C=O) groups is 1. The Hall–Kier alpha value is -3.38. The molecule has 0 aliphatic rings. The maximum atomic E-state index is 13.1. The summed E-state index contributed by atoms with van der Waals surface area (Å²) >= 11 is 3.41. The molecule has 4 aromatic rings. The van der Waals surface area contributed by atoms with Gasteiger partial charge in [-0.3, -0.25) is 4.79 Å². The molecule has 0 spiro atoms. The monoisotopic (exact) mass is 478 g/mol. The van der Waals surface area contributed by atoms with Crippen molar-refractivity contribution in [2.45, 2.75) is 13.5 Å². The normalized spacial score (nSPS) is 10.8. The molecule has 1 heterocycles. The molecule has 31 heavy (non-hydrogen) atoms. The number of carbonyl (C=O) groups excluding carboxylic acids is 1. The highest BCUT2D eigenvalue weighted by Crippen LogP contribution is 2.27. The van der Waals surface area contributed by atoms with Crippen LogP contribution < -0.4 is 10.2 Å². The van der Waals surface area contributed by atoms with Crippen molar-refractivity contribution in [3.8, 4) is 16.9 Å². The van der Waals surface area contributed by atoms with Gasteiger partial charge in [0.2, 0.25) is 5.43 Å². The molecule has 0 bridgehead atoms. The number of ether oxygens (including phenoxy) is 2. The number of aryl methyl sites for hydroxylation is 1. The number of esters is 1. The summed E-state index contributed by atoms with van der Waals surface area (Å²) in [5.74, 6) is 0.758. The number of hydrogen-bond donors (Lipinski definition) is 0. The van der Waals surface area contributed by atoms with E-state index in [0.717, 1.165) is 15.6 Å². The quantitative estimate of drug-likeness (QED) is 0.334. The van der Waals surface area contributed by atoms with Gasteiger partial charge in [-0.2, -0.15) is 0 Å². The van der Waals surface area contributed by atoms with Crippen LogP contribution in [-0.4, -0.2) is 13.1 Å². The lowest BCUT2D eigenvalue weighted by Crippen LogP contribution is -2.07. The molecule has 0 aliphatic carbocycles. The molecule has 5 nitrogen and oxygen atoms in total. The molecule has 6 heteroatoms. The molecule has 0 fully saturated rings. The van der Waals surface area contributed by atoms with Crippen LogP contribution >= 0.6 is 15.9 Å². The fourth-order valence-corrected chi connectivity index (χ4v) is 3.61. The molecule has 0 saturated carbocycles. The first kappa shape index (κ1) is 20.9. The molecular weight excluding hydrogens is 460 g/mol. The van der Waals surface area contributed by atoms with E-state index in [1.54, 1.807) is 37.3 Å². The van der Waals surface area contributed by atoms with Crippen LogP contribution in [0.1, 0.15) is 21.7 Å². The average molecular weight is 479 g/mol. The van der Waals surface area contributed by atoms with E-state index in [-0.39, 0.29) is 11.4 Å². The van der Waals surface area contributed by atoms with Gasteiger partial charge in [0.05, 0.1) is 23.6 Å². The van der Waals surface area contributed by atoms with E-state index >= 15 is 0 Å². The minimum Gasteiger partial charge on any atom is -0.489 e. The lowest BCUT2D eigenvalue weighted by molar-refractivity contribution is 0.0600. The second-order valence-electron chi connectivity index (χ2n) is 7.00. The highest BCUT2D eigenvalue weighted by atomic mass is 79.9. The van der Waals surface area contributed by atoms with E-state index in [9.17, 15) is 9.59 Å². The van der Waals surface area contributed by atoms with Crippen molar-refractivity contribution < 1.29 is 18.7 Å². The zero-order valence-corrected chi connectivity index (χ0v) is 18.6. The fraction of sp³-hybridized carbons (Fsp3) is 0.120. The zero-order chi connectivity index (χ0) is 22.0. The van der Waals surface area contributed by atoms with E-state index in [0.29, 0.717) is 40.2 Å². The Balaban J connectivity index is 1.58. The van der Waals surface area contributed by atoms with Crippen molar-refractivity contribution >= 4 is 32.9 Å². The van der Waals surface area contributed by atoms with Crippen molar-refractivity contribution in [1.82, 2.24) is 0 Å². The van der Waals surface area contributed by atoms with Crippen molar-refractivity contribution in [3.05, 3.63) is 98.3 Å². The standard InChI is InChI=1S/C25H19BrO5/c1-15-23(17-7-9-19(26)10-8-17)24(27)21-12-11-20(13-22(21)31-15)30-14-16-3-5-18(6-4-16)25(28)29-2/h3-13H,14H2,1-2H3. The Kier molecular flexibility index (Phi) is 5.91. The molecule has 4 rings (SSSR count). The van der Waals surface area contributed by atoms with Gasteiger partial charge in [0.15, 0.2) is 0 Å². The van der Waals surface area contributed by atoms with E-state index in [1.807, 2.05) is 36.4 Å². The molecular formula is C25H19BrO5. The molecule has 0 N–H and O–H groups in total. The topological polar surface area (TPSA) is 65.7 Å². The Labute approximate surface area is 187 Å². The second-order valence-corrected chi connectivity index (χ2v) is 7.92. The van der Waals surface area contributed by atoms with Crippen molar-refractivity contribution in [2.24, 2.45) is 0 Å². The number of methoxy groups -OCH3 is 1. The highest BCUT2D eigenvalue weighted by molar-refractivity contribution is 9.10. The molecule has 0 unspecified atom stereocenters. The first-order chi connectivity index (χ1) is 15.0. The summed E-state index contributed by atoms with van der Waals surface area (Å²) in [5, 5.41) is 0.498. The van der Waals surface area contributed by atoms with Gasteiger partial charge in [-0.05, 0) is 54.4 Å². The van der Waals surface area contributed by atoms with Crippen LogP contribution in [0, 0.1) is 6.92 Å². The third-order valence-electron chi connectivity index (χ3n) is 4.95. The summed E-state index contributed by atoms with van der Waals surface area (Å²) < 4.78 is 17.5. The van der Waals surface area contributed by atoms with Crippen molar-refractivity contribution in [1.29, 1.82) is 0 Å². The van der Waals surface area contributed by atoms with Crippen molar-refractivity contribution in [2.75, 3.05) is 7.11 Å². The summed E-state index contributed by atoms with van der Waals surface area (Å²) in [6.07, 6.45) is 0. The molecule has 156 valence electrons. The van der Waals surface area contributed by atoms with E-state index in [4.69, 9.17) is 13.9 Å². The van der Waals surface area contributed by atoms with Gasteiger partial charge in [-0.1, -0.05) is 40.2 Å². The van der Waals surface area contributed by atoms with Gasteiger partial charge in [0.1, 0.15) is 23.7 Å². The summed E-state index contributed by atoms with van der Waals surface area (Å²) in [6, 6.07) is 19.8. The molecule has 0 saturated heterocycles. The lowest BCUT2D eigenvalue weighted by atomic mass is 10.0. The number of benzene rings is 3. The van der Waals surface area contributed by atoms with Gasteiger partial charge in [-0.25, -0.2) is 4.79 Å². The van der Waals surface area contributed by atoms with Crippen LogP contribution in [0.25, 0.3) is 22.1 Å². The SMILES string of the molecule is COC(=O)c1ccc(COc2ccc3c(=O)c(-c4ccc(Br)cc4)c(C)oc3c2)cc1. The number of hydrogen-bond acceptors (Lipinski definition) is 5. The molecule has 0 aliphatic heterocycles. The second kappa shape index (κ2) is 8.78. The predicted molar refractivity (Wildman–Crippen MR) is 122 cm³/mol. The molecule has 0 atom stereocenters. The van der Waals surface area contributed by atoms with Crippen LogP contribution in [0.5, 0.6) is 5.75 Å². The Morgan fingerprint density at radius 1 is 1.00 bits per heavy atom. The number of rotatable bonds is 5. The summed E-state index contributed by atoms with van der Waals surface area (Å²) in [4.78, 5) is 24.6. The first-order valence-electron chi connectivity index (χ1n) is 9.59. The van der Waals surface area contributed by atoms with E-state index in [1.165, 1.54) is 7.11 Å². The lowest BCUT2D eigenvalue weighted by Gasteiger charge is -2.10. The maximum Gasteiger partial charge on any atom is 0.337 e. The predicted octanol–water partition coefficient (Wildman–Crippen LogP) is 5.90. The average Bonchev–Trinajstić information content (AvgIpc) is 2.78. The van der Waals surface area contributed by atoms with Crippen LogP contribution in [-0.2, 0) is 11.3 Å². The zero-order valence-electron chi connectivity index (χ0n) is 17.0. The summed E-state index contributed by atoms with van der Waals surface area (Å²) in [5.41, 5.74) is 3.14. The Morgan fingerprint density at radius 2 is 1.71 bits per heavy atom. The molecule has 0 radical (unpaired) electrons. The van der Waals surface area contributed by atoms with Gasteiger partial charge in [-0.15, -0.1) is 0 Å². The maximum absolute atomic E-state index is 13.1. The van der Waals surface area contributed by atoms with Gasteiger partial charge in [0.25, 0.3) is 0 Å². The smallest absolute Gasteiger partial charge is 0.337 e. The van der Waals surface area contributed by atoms with Crippen LogP contribution in [0.4, 0.5) is 0 Å². The Morgan fingerprint density at radius 3 is 2.39 bits per heavy atom. The number of halogens is 1. The van der Waals surface area contributed by atoms with Gasteiger partial charge in [0, 0.05) is 10.5 Å². The van der Waals surface area contributed by atoms with E-state index < -0.39 is 0 Å². The molecule has 3 aromatic carbocycles. The van der Waals surface area contributed by atoms with Crippen LogP contribution in [0.15, 0.2) is 80.4 Å². The van der Waals surface area contributed by atoms with Crippen LogP contribution in [0.2, 0.25) is 0 Å². The van der Waals surface area contributed by atoms with Crippen LogP contribution in [0.3, 0.4) is 0 Å². The van der Waals surface area contributed by atoms with Gasteiger partial charge >= 0.3 is 5.97 Å². The minimum atomic E-state index is -0.380. The molecule has 1 aromatic heterocycles. The minimum absolute atomic E-state index is 0.0778.